The Bertz CT molecular complexity index is 1560. The summed E-state index contributed by atoms with van der Waals surface area (Å²) in [7, 11) is 1.75. The molecule has 1 fully saturated rings. The van der Waals surface area contributed by atoms with E-state index >= 15 is 0 Å². The summed E-state index contributed by atoms with van der Waals surface area (Å²) in [5, 5.41) is 32.6. The van der Waals surface area contributed by atoms with Crippen molar-refractivity contribution in [2.45, 2.75) is 84.6 Å². The summed E-state index contributed by atoms with van der Waals surface area (Å²) in [5.41, 5.74) is 2.99. The number of aliphatic hydroxyl groups excluding tert-OH is 1. The van der Waals surface area contributed by atoms with Crippen LogP contribution in [0.15, 0.2) is 46.7 Å². The molecule has 8 heteroatoms. The Morgan fingerprint density at radius 3 is 2.24 bits per heavy atom. The molecule has 0 radical (unpaired) electrons. The lowest BCUT2D eigenvalue weighted by Gasteiger charge is -2.52. The van der Waals surface area contributed by atoms with Crippen molar-refractivity contribution >= 4 is 17.7 Å². The second-order valence-electron chi connectivity index (χ2n) is 12.9. The normalized spacial score (nSPS) is 20.9. The highest BCUT2D eigenvalue weighted by atomic mass is 16.4. The van der Waals surface area contributed by atoms with Gasteiger partial charge in [0.15, 0.2) is 11.5 Å². The molecule has 5 rings (SSSR count). The number of aromatic hydroxyl groups is 1. The lowest BCUT2D eigenvalue weighted by atomic mass is 9.65. The van der Waals surface area contributed by atoms with Gasteiger partial charge in [-0.15, -0.1) is 0 Å². The maximum atomic E-state index is 14.1. The van der Waals surface area contributed by atoms with Gasteiger partial charge in [-0.3, -0.25) is 9.59 Å². The number of aryl methyl sites for hydroxylation is 1. The average Bonchev–Trinajstić information content (AvgIpc) is 2.84. The highest BCUT2D eigenvalue weighted by Crippen LogP contribution is 2.53. The van der Waals surface area contributed by atoms with Gasteiger partial charge in [-0.2, -0.15) is 0 Å². The van der Waals surface area contributed by atoms with Gasteiger partial charge >= 0.3 is 5.97 Å². The standard InChI is InChI=1S/C33H38N2O6/c1-17-8-10-21(34-29(17)31(40)41)20-9-11-22(36)26(19(20)3)28(25-18(2)14-32(4,5)15-23(25)37)27-24(38)16-33(12-7-13-33)35(6)30(27)39/h8-11,28,36,38H,7,12-16H2,1-6H3,(H,40,41). The molecule has 1 spiro atoms. The first-order chi connectivity index (χ1) is 19.2. The number of Topliss-reactive ketones (excluding diaryl/α,β-unsaturated/α-hetero) is 1. The van der Waals surface area contributed by atoms with Crippen LogP contribution >= 0.6 is 0 Å². The number of phenols is 1. The largest absolute Gasteiger partial charge is 0.512 e. The van der Waals surface area contributed by atoms with Crippen LogP contribution in [-0.2, 0) is 9.59 Å². The zero-order chi connectivity index (χ0) is 30.0. The van der Waals surface area contributed by atoms with Gasteiger partial charge in [0, 0.05) is 42.1 Å². The van der Waals surface area contributed by atoms with Crippen molar-refractivity contribution in [2.24, 2.45) is 5.41 Å². The molecule has 1 aromatic carbocycles. The van der Waals surface area contributed by atoms with Crippen molar-refractivity contribution in [2.75, 3.05) is 7.05 Å². The van der Waals surface area contributed by atoms with Crippen LogP contribution in [0.4, 0.5) is 0 Å². The number of ketones is 1. The molecule has 3 aliphatic rings. The Labute approximate surface area is 240 Å². The summed E-state index contributed by atoms with van der Waals surface area (Å²) in [4.78, 5) is 45.9. The number of rotatable bonds is 5. The first-order valence-corrected chi connectivity index (χ1v) is 14.1. The molecular formula is C33H38N2O6. The number of amides is 1. The third kappa shape index (κ3) is 4.63. The zero-order valence-electron chi connectivity index (χ0n) is 24.6. The molecule has 8 nitrogen and oxygen atoms in total. The lowest BCUT2D eigenvalue weighted by molar-refractivity contribution is -0.138. The van der Waals surface area contributed by atoms with Gasteiger partial charge in [-0.05, 0) is 81.2 Å². The number of hydrogen-bond donors (Lipinski definition) is 3. The number of benzene rings is 1. The first kappa shape index (κ1) is 28.6. The van der Waals surface area contributed by atoms with E-state index in [4.69, 9.17) is 0 Å². The molecular weight excluding hydrogens is 520 g/mol. The fraction of sp³-hybridized carbons (Fsp3) is 0.455. The van der Waals surface area contributed by atoms with Crippen LogP contribution in [-0.4, -0.2) is 55.4 Å². The summed E-state index contributed by atoms with van der Waals surface area (Å²) in [6.07, 6.45) is 3.79. The molecule has 0 saturated heterocycles. The number of pyridine rings is 1. The number of aromatic nitrogens is 1. The van der Waals surface area contributed by atoms with Gasteiger partial charge in [0.05, 0.1) is 17.2 Å². The first-order valence-electron chi connectivity index (χ1n) is 14.1. The summed E-state index contributed by atoms with van der Waals surface area (Å²) >= 11 is 0. The van der Waals surface area contributed by atoms with E-state index in [2.05, 4.69) is 4.98 Å². The van der Waals surface area contributed by atoms with E-state index in [9.17, 15) is 29.7 Å². The maximum absolute atomic E-state index is 14.1. The third-order valence-corrected chi connectivity index (χ3v) is 9.41. The molecule has 2 aliphatic carbocycles. The summed E-state index contributed by atoms with van der Waals surface area (Å²) in [5.74, 6) is -2.75. The SMILES string of the molecule is CC1=C(C(C2=C(O)CC3(CCC3)N(C)C2=O)c2c(O)ccc(-c3ccc(C)c(C(=O)O)n3)c2C)C(=O)CC(C)(C)C1. The van der Waals surface area contributed by atoms with Crippen LogP contribution in [0.1, 0.15) is 92.4 Å². The fourth-order valence-electron chi connectivity index (χ4n) is 7.17. The molecule has 3 N–H and O–H groups in total. The Balaban J connectivity index is 1.78. The highest BCUT2D eigenvalue weighted by Gasteiger charge is 2.51. The van der Waals surface area contributed by atoms with Gasteiger partial charge in [0.2, 0.25) is 0 Å². The Morgan fingerprint density at radius 1 is 0.976 bits per heavy atom. The van der Waals surface area contributed by atoms with Gasteiger partial charge < -0.3 is 20.2 Å². The monoisotopic (exact) mass is 558 g/mol. The molecule has 1 amide bonds. The molecule has 1 atom stereocenters. The quantitative estimate of drug-likeness (QED) is 0.401. The molecule has 41 heavy (non-hydrogen) atoms. The number of carbonyl (C=O) groups excluding carboxylic acids is 2. The van der Waals surface area contributed by atoms with Gasteiger partial charge in [0.25, 0.3) is 5.91 Å². The summed E-state index contributed by atoms with van der Waals surface area (Å²) in [6.45, 7) is 9.40. The topological polar surface area (TPSA) is 128 Å². The smallest absolute Gasteiger partial charge is 0.354 e. The van der Waals surface area contributed by atoms with Crippen LogP contribution in [0, 0.1) is 19.3 Å². The fourth-order valence-corrected chi connectivity index (χ4v) is 7.17. The number of carboxylic acid groups (broad SMARTS) is 1. The number of hydrogen-bond acceptors (Lipinski definition) is 6. The van der Waals surface area contributed by atoms with Crippen molar-refractivity contribution in [3.05, 3.63) is 69.1 Å². The molecule has 2 heterocycles. The predicted octanol–water partition coefficient (Wildman–Crippen LogP) is 6.16. The van der Waals surface area contributed by atoms with E-state index in [0.29, 0.717) is 46.4 Å². The molecule has 1 aromatic heterocycles. The van der Waals surface area contributed by atoms with Crippen LogP contribution in [0.2, 0.25) is 0 Å². The second-order valence-corrected chi connectivity index (χ2v) is 12.9. The molecule has 1 saturated carbocycles. The van der Waals surface area contributed by atoms with Gasteiger partial charge in [0.1, 0.15) is 11.5 Å². The lowest BCUT2D eigenvalue weighted by Crippen LogP contribution is -2.58. The van der Waals surface area contributed by atoms with Crippen LogP contribution in [0.3, 0.4) is 0 Å². The Morgan fingerprint density at radius 2 is 1.66 bits per heavy atom. The minimum absolute atomic E-state index is 0.0402. The molecule has 0 bridgehead atoms. The van der Waals surface area contributed by atoms with Crippen molar-refractivity contribution in [3.63, 3.8) is 0 Å². The van der Waals surface area contributed by atoms with E-state index in [0.717, 1.165) is 24.8 Å². The number of carbonyl (C=O) groups is 3. The summed E-state index contributed by atoms with van der Waals surface area (Å²) < 4.78 is 0. The molecule has 2 aromatic rings. The number of carboxylic acids is 1. The predicted molar refractivity (Wildman–Crippen MR) is 155 cm³/mol. The van der Waals surface area contributed by atoms with Crippen molar-refractivity contribution in [3.8, 4) is 17.0 Å². The number of aromatic carboxylic acids is 1. The molecule has 1 aliphatic heterocycles. The number of nitrogens with zero attached hydrogens (tertiary/aromatic N) is 2. The van der Waals surface area contributed by atoms with E-state index in [1.54, 1.807) is 44.0 Å². The van der Waals surface area contributed by atoms with Crippen LogP contribution in [0.5, 0.6) is 5.75 Å². The Kier molecular flexibility index (Phi) is 6.87. The zero-order valence-corrected chi connectivity index (χ0v) is 24.6. The minimum Gasteiger partial charge on any atom is -0.512 e. The number of aliphatic hydroxyl groups is 1. The maximum Gasteiger partial charge on any atom is 0.354 e. The molecule has 216 valence electrons. The third-order valence-electron chi connectivity index (χ3n) is 9.41. The van der Waals surface area contributed by atoms with Crippen LogP contribution in [0.25, 0.3) is 11.3 Å². The number of allylic oxidation sites excluding steroid dienone is 2. The Hall–Kier alpha value is -3.94. The molecule has 1 unspecified atom stereocenters. The van der Waals surface area contributed by atoms with E-state index < -0.39 is 17.4 Å². The minimum atomic E-state index is -1.15. The number of phenolic OH excluding ortho intramolecular Hbond substituents is 1. The van der Waals surface area contributed by atoms with Crippen molar-refractivity contribution in [1.29, 1.82) is 0 Å². The van der Waals surface area contributed by atoms with Crippen molar-refractivity contribution in [1.82, 2.24) is 9.88 Å². The highest BCUT2D eigenvalue weighted by molar-refractivity contribution is 6.05. The van der Waals surface area contributed by atoms with E-state index in [-0.39, 0.29) is 46.3 Å². The second kappa shape index (κ2) is 9.86. The summed E-state index contributed by atoms with van der Waals surface area (Å²) in [6, 6.07) is 6.55. The van der Waals surface area contributed by atoms with Gasteiger partial charge in [-0.1, -0.05) is 25.5 Å². The van der Waals surface area contributed by atoms with Crippen molar-refractivity contribution < 1.29 is 29.7 Å². The van der Waals surface area contributed by atoms with E-state index in [1.165, 1.54) is 6.07 Å². The number of likely N-dealkylation sites (N-methyl/N-ethyl adjacent to an activating group) is 1. The van der Waals surface area contributed by atoms with E-state index in [1.807, 2.05) is 20.8 Å². The van der Waals surface area contributed by atoms with Gasteiger partial charge in [-0.25, -0.2) is 9.78 Å². The average molecular weight is 559 g/mol. The van der Waals surface area contributed by atoms with Crippen LogP contribution < -0.4 is 0 Å².